The lowest BCUT2D eigenvalue weighted by atomic mass is 9.87. The van der Waals surface area contributed by atoms with Crippen LogP contribution in [0.1, 0.15) is 65.2 Å². The molecular formula is C16H29NO2. The summed E-state index contributed by atoms with van der Waals surface area (Å²) in [6, 6.07) is 0.311. The van der Waals surface area contributed by atoms with Gasteiger partial charge in [0.2, 0.25) is 5.91 Å². The van der Waals surface area contributed by atoms with Crippen molar-refractivity contribution in [3.05, 3.63) is 0 Å². The zero-order chi connectivity index (χ0) is 13.8. The van der Waals surface area contributed by atoms with E-state index >= 15 is 0 Å². The Hall–Kier alpha value is -0.570. The molecular weight excluding hydrogens is 238 g/mol. The number of carbonyl (C=O) groups is 1. The number of hydrogen-bond acceptors (Lipinski definition) is 2. The fraction of sp³-hybridized carbons (Fsp3) is 0.938. The van der Waals surface area contributed by atoms with Gasteiger partial charge in [-0.15, -0.1) is 0 Å². The van der Waals surface area contributed by atoms with Gasteiger partial charge < -0.3 is 10.0 Å². The van der Waals surface area contributed by atoms with Crippen LogP contribution in [0.2, 0.25) is 0 Å². The van der Waals surface area contributed by atoms with Crippen molar-refractivity contribution in [1.82, 2.24) is 4.90 Å². The van der Waals surface area contributed by atoms with Crippen LogP contribution in [-0.2, 0) is 4.79 Å². The van der Waals surface area contributed by atoms with Gasteiger partial charge in [-0.25, -0.2) is 0 Å². The van der Waals surface area contributed by atoms with E-state index in [1.54, 1.807) is 0 Å². The number of carbonyl (C=O) groups excluding carboxylic acids is 1. The van der Waals surface area contributed by atoms with Crippen molar-refractivity contribution in [2.24, 2.45) is 11.8 Å². The Kier molecular flexibility index (Phi) is 5.26. The van der Waals surface area contributed by atoms with E-state index < -0.39 is 0 Å². The molecule has 110 valence electrons. The summed E-state index contributed by atoms with van der Waals surface area (Å²) in [7, 11) is 0. The minimum Gasteiger partial charge on any atom is -0.393 e. The summed E-state index contributed by atoms with van der Waals surface area (Å²) in [6.07, 6.45) is 8.06. The summed E-state index contributed by atoms with van der Waals surface area (Å²) >= 11 is 0. The van der Waals surface area contributed by atoms with Crippen LogP contribution in [0.4, 0.5) is 0 Å². The van der Waals surface area contributed by atoms with Gasteiger partial charge in [-0.2, -0.15) is 0 Å². The van der Waals surface area contributed by atoms with Gasteiger partial charge in [0.25, 0.3) is 0 Å². The van der Waals surface area contributed by atoms with Crippen LogP contribution < -0.4 is 0 Å². The SMILES string of the molecule is CC(C)CCC(=O)N1CCCCC1C1CCCC1O. The van der Waals surface area contributed by atoms with Crippen molar-refractivity contribution in [3.63, 3.8) is 0 Å². The maximum atomic E-state index is 12.4. The van der Waals surface area contributed by atoms with E-state index in [0.717, 1.165) is 45.1 Å². The fourth-order valence-electron chi connectivity index (χ4n) is 3.69. The average molecular weight is 267 g/mol. The van der Waals surface area contributed by atoms with E-state index in [9.17, 15) is 9.90 Å². The van der Waals surface area contributed by atoms with Crippen LogP contribution in [0.5, 0.6) is 0 Å². The molecule has 1 aliphatic heterocycles. The van der Waals surface area contributed by atoms with E-state index in [0.29, 0.717) is 30.2 Å². The van der Waals surface area contributed by atoms with Gasteiger partial charge in [-0.3, -0.25) is 4.79 Å². The largest absolute Gasteiger partial charge is 0.393 e. The molecule has 0 spiro atoms. The van der Waals surface area contributed by atoms with E-state index in [2.05, 4.69) is 18.7 Å². The third-order valence-electron chi connectivity index (χ3n) is 4.83. The highest BCUT2D eigenvalue weighted by Crippen LogP contribution is 2.35. The van der Waals surface area contributed by atoms with Crippen LogP contribution in [0.25, 0.3) is 0 Å². The molecule has 2 aliphatic rings. The zero-order valence-corrected chi connectivity index (χ0v) is 12.5. The smallest absolute Gasteiger partial charge is 0.222 e. The first-order valence-electron chi connectivity index (χ1n) is 8.07. The lowest BCUT2D eigenvalue weighted by Crippen LogP contribution is -2.49. The Morgan fingerprint density at radius 1 is 1.21 bits per heavy atom. The van der Waals surface area contributed by atoms with Crippen molar-refractivity contribution in [2.45, 2.75) is 77.4 Å². The maximum absolute atomic E-state index is 12.4. The van der Waals surface area contributed by atoms with Crippen molar-refractivity contribution in [2.75, 3.05) is 6.54 Å². The molecule has 1 saturated carbocycles. The standard InChI is InChI=1S/C16H29NO2/c1-12(2)9-10-16(19)17-11-4-3-7-14(17)13-6-5-8-15(13)18/h12-15,18H,3-11H2,1-2H3. The highest BCUT2D eigenvalue weighted by Gasteiger charge is 2.38. The van der Waals surface area contributed by atoms with E-state index in [1.165, 1.54) is 6.42 Å². The highest BCUT2D eigenvalue weighted by atomic mass is 16.3. The minimum absolute atomic E-state index is 0.177. The fourth-order valence-corrected chi connectivity index (χ4v) is 3.69. The molecule has 2 fully saturated rings. The third kappa shape index (κ3) is 3.71. The molecule has 1 N–H and O–H groups in total. The monoisotopic (exact) mass is 267 g/mol. The first-order chi connectivity index (χ1) is 9.09. The molecule has 0 aromatic rings. The number of nitrogens with zero attached hydrogens (tertiary/aromatic N) is 1. The molecule has 3 nitrogen and oxygen atoms in total. The normalized spacial score (nSPS) is 32.0. The molecule has 3 unspecified atom stereocenters. The predicted octanol–water partition coefficient (Wildman–Crippen LogP) is 2.96. The molecule has 0 radical (unpaired) electrons. The van der Waals surface area contributed by atoms with Gasteiger partial charge in [0, 0.05) is 24.9 Å². The Balaban J connectivity index is 1.97. The second kappa shape index (κ2) is 6.74. The van der Waals surface area contributed by atoms with Gasteiger partial charge in [-0.1, -0.05) is 20.3 Å². The first-order valence-corrected chi connectivity index (χ1v) is 8.07. The van der Waals surface area contributed by atoms with Crippen molar-refractivity contribution < 1.29 is 9.90 Å². The van der Waals surface area contributed by atoms with Crippen LogP contribution in [0.15, 0.2) is 0 Å². The summed E-state index contributed by atoms with van der Waals surface area (Å²) in [6.45, 7) is 5.24. The van der Waals surface area contributed by atoms with Gasteiger partial charge in [-0.05, 0) is 44.4 Å². The molecule has 1 amide bonds. The summed E-state index contributed by atoms with van der Waals surface area (Å²) in [5.74, 6) is 1.24. The highest BCUT2D eigenvalue weighted by molar-refractivity contribution is 5.76. The lowest BCUT2D eigenvalue weighted by Gasteiger charge is -2.40. The van der Waals surface area contributed by atoms with Gasteiger partial charge in [0.15, 0.2) is 0 Å². The first kappa shape index (κ1) is 14.8. The topological polar surface area (TPSA) is 40.5 Å². The van der Waals surface area contributed by atoms with Crippen LogP contribution in [0.3, 0.4) is 0 Å². The molecule has 0 aromatic carbocycles. The Bertz CT molecular complexity index is 303. The lowest BCUT2D eigenvalue weighted by molar-refractivity contribution is -0.137. The van der Waals surface area contributed by atoms with Gasteiger partial charge in [0.05, 0.1) is 6.10 Å². The van der Waals surface area contributed by atoms with Crippen molar-refractivity contribution in [1.29, 1.82) is 0 Å². The van der Waals surface area contributed by atoms with Crippen LogP contribution in [0, 0.1) is 11.8 Å². The van der Waals surface area contributed by atoms with Crippen LogP contribution in [-0.4, -0.2) is 34.6 Å². The summed E-state index contributed by atoms with van der Waals surface area (Å²) < 4.78 is 0. The molecule has 3 heteroatoms. The number of hydrogen-bond donors (Lipinski definition) is 1. The molecule has 19 heavy (non-hydrogen) atoms. The zero-order valence-electron chi connectivity index (χ0n) is 12.5. The van der Waals surface area contributed by atoms with Crippen LogP contribution >= 0.6 is 0 Å². The number of piperidine rings is 1. The number of aliphatic hydroxyl groups excluding tert-OH is 1. The summed E-state index contributed by atoms with van der Waals surface area (Å²) in [5, 5.41) is 10.1. The summed E-state index contributed by atoms with van der Waals surface area (Å²) in [4.78, 5) is 14.5. The second-order valence-electron chi connectivity index (χ2n) is 6.74. The number of likely N-dealkylation sites (tertiary alicyclic amines) is 1. The number of amides is 1. The Morgan fingerprint density at radius 2 is 2.00 bits per heavy atom. The molecule has 1 saturated heterocycles. The predicted molar refractivity (Wildman–Crippen MR) is 76.8 cm³/mol. The van der Waals surface area contributed by atoms with Crippen molar-refractivity contribution in [3.8, 4) is 0 Å². The average Bonchev–Trinajstić information content (AvgIpc) is 2.82. The summed E-state index contributed by atoms with van der Waals surface area (Å²) in [5.41, 5.74) is 0. The number of aliphatic hydroxyl groups is 1. The molecule has 1 aliphatic carbocycles. The van der Waals surface area contributed by atoms with E-state index in [-0.39, 0.29) is 6.10 Å². The third-order valence-corrected chi connectivity index (χ3v) is 4.83. The molecule has 0 bridgehead atoms. The van der Waals surface area contributed by atoms with E-state index in [4.69, 9.17) is 0 Å². The van der Waals surface area contributed by atoms with Crippen molar-refractivity contribution >= 4 is 5.91 Å². The quantitative estimate of drug-likeness (QED) is 0.850. The minimum atomic E-state index is -0.177. The van der Waals surface area contributed by atoms with Gasteiger partial charge >= 0.3 is 0 Å². The van der Waals surface area contributed by atoms with E-state index in [1.807, 2.05) is 0 Å². The number of rotatable bonds is 4. The van der Waals surface area contributed by atoms with Gasteiger partial charge in [0.1, 0.15) is 0 Å². The molecule has 2 rings (SSSR count). The molecule has 3 atom stereocenters. The second-order valence-corrected chi connectivity index (χ2v) is 6.74. The Labute approximate surface area is 117 Å². The molecule has 0 aromatic heterocycles. The Morgan fingerprint density at radius 3 is 2.63 bits per heavy atom. The molecule has 1 heterocycles. The maximum Gasteiger partial charge on any atom is 0.222 e.